The first-order chi connectivity index (χ1) is 34.5. The molecule has 0 spiro atoms. The van der Waals surface area contributed by atoms with E-state index in [9.17, 15) is 14.4 Å². The molecule has 0 aromatic carbocycles. The van der Waals surface area contributed by atoms with E-state index < -0.39 is 6.10 Å². The number of ether oxygens (including phenoxy) is 3. The fourth-order valence-corrected chi connectivity index (χ4v) is 7.87. The van der Waals surface area contributed by atoms with Gasteiger partial charge in [-0.2, -0.15) is 0 Å². The standard InChI is InChI=1S/C64H108O6/c1-4-7-10-13-16-19-22-25-28-31-34-36-39-42-45-48-51-54-57-63(66)69-60-61(70-64(67)58-55-52-49-46-43-40-37-33-30-27-24-21-18-15-12-9-6-3)59-68-62(65)56-53-50-47-44-41-38-35-32-29-26-23-20-17-14-11-8-5-2/h17-18,20-21,26-31,34,36-37,40,46,49,61H,4-16,19,22-25,32-33,35,38-39,41-45,47-48,50-60H2,1-3H3/b20-17-,21-18-,29-26-,30-27-,31-28-,36-34-,40-37-,49-46-. The molecule has 0 aromatic heterocycles. The Morgan fingerprint density at radius 2 is 0.571 bits per heavy atom. The number of hydrogen-bond acceptors (Lipinski definition) is 6. The zero-order chi connectivity index (χ0) is 50.7. The van der Waals surface area contributed by atoms with Crippen molar-refractivity contribution in [3.8, 4) is 0 Å². The van der Waals surface area contributed by atoms with Crippen LogP contribution in [0, 0.1) is 0 Å². The van der Waals surface area contributed by atoms with Crippen LogP contribution in [0.2, 0.25) is 0 Å². The molecule has 0 aliphatic rings. The van der Waals surface area contributed by atoms with E-state index in [1.54, 1.807) is 0 Å². The van der Waals surface area contributed by atoms with E-state index in [1.807, 2.05) is 0 Å². The molecule has 0 saturated carbocycles. The molecule has 6 nitrogen and oxygen atoms in total. The average Bonchev–Trinajstić information content (AvgIpc) is 3.36. The highest BCUT2D eigenvalue weighted by Gasteiger charge is 2.19. The van der Waals surface area contributed by atoms with Crippen LogP contribution in [-0.4, -0.2) is 37.2 Å². The van der Waals surface area contributed by atoms with Gasteiger partial charge < -0.3 is 14.2 Å². The number of esters is 3. The van der Waals surface area contributed by atoms with E-state index in [4.69, 9.17) is 14.2 Å². The van der Waals surface area contributed by atoms with Gasteiger partial charge in [0.05, 0.1) is 0 Å². The number of hydrogen-bond donors (Lipinski definition) is 0. The maximum Gasteiger partial charge on any atom is 0.306 e. The minimum absolute atomic E-state index is 0.109. The fourth-order valence-electron chi connectivity index (χ4n) is 7.87. The molecule has 0 N–H and O–H groups in total. The molecule has 0 saturated heterocycles. The Morgan fingerprint density at radius 3 is 0.957 bits per heavy atom. The molecular formula is C64H108O6. The first kappa shape index (κ1) is 66.3. The monoisotopic (exact) mass is 973 g/mol. The molecule has 400 valence electrons. The van der Waals surface area contributed by atoms with Crippen LogP contribution < -0.4 is 0 Å². The second-order valence-corrected chi connectivity index (χ2v) is 19.2. The van der Waals surface area contributed by atoms with E-state index in [0.717, 1.165) is 96.3 Å². The van der Waals surface area contributed by atoms with Crippen LogP contribution in [-0.2, 0) is 28.6 Å². The van der Waals surface area contributed by atoms with Gasteiger partial charge in [-0.3, -0.25) is 14.4 Å². The predicted molar refractivity (Wildman–Crippen MR) is 302 cm³/mol. The highest BCUT2D eigenvalue weighted by Crippen LogP contribution is 2.14. The molecule has 0 heterocycles. The van der Waals surface area contributed by atoms with Gasteiger partial charge in [-0.1, -0.05) is 234 Å². The molecule has 0 amide bonds. The maximum atomic E-state index is 12.8. The molecule has 0 rings (SSSR count). The van der Waals surface area contributed by atoms with E-state index in [0.29, 0.717) is 19.3 Å². The van der Waals surface area contributed by atoms with Crippen molar-refractivity contribution in [3.63, 3.8) is 0 Å². The summed E-state index contributed by atoms with van der Waals surface area (Å²) in [6.07, 6.45) is 76.8. The van der Waals surface area contributed by atoms with Gasteiger partial charge in [-0.25, -0.2) is 0 Å². The smallest absolute Gasteiger partial charge is 0.306 e. The van der Waals surface area contributed by atoms with Gasteiger partial charge in [0.2, 0.25) is 0 Å². The molecule has 0 aromatic rings. The third-order valence-electron chi connectivity index (χ3n) is 12.3. The van der Waals surface area contributed by atoms with Gasteiger partial charge in [-0.05, 0) is 116 Å². The Bertz CT molecular complexity index is 1400. The van der Waals surface area contributed by atoms with Crippen molar-refractivity contribution in [1.29, 1.82) is 0 Å². The van der Waals surface area contributed by atoms with E-state index >= 15 is 0 Å². The Kier molecular flexibility index (Phi) is 54.9. The number of allylic oxidation sites excluding steroid dienone is 16. The SMILES string of the molecule is CCCCC/C=C\C/C=C\C/C=C\C/C=C\CCCC(=O)OC(COC(=O)CCCCCCC/C=C\C=C/CCCCCCCCC)COC(=O)CCCCCCCCC/C=C\C/C=C\CCCCC. The summed E-state index contributed by atoms with van der Waals surface area (Å²) >= 11 is 0. The summed E-state index contributed by atoms with van der Waals surface area (Å²) in [4.78, 5) is 38.2. The Balaban J connectivity index is 4.51. The second kappa shape index (κ2) is 57.9. The van der Waals surface area contributed by atoms with E-state index in [-0.39, 0.29) is 37.5 Å². The number of carbonyl (C=O) groups excluding carboxylic acids is 3. The molecule has 0 aliphatic carbocycles. The highest BCUT2D eigenvalue weighted by molar-refractivity contribution is 5.71. The zero-order valence-electron chi connectivity index (χ0n) is 45.8. The lowest BCUT2D eigenvalue weighted by atomic mass is 10.1. The number of carbonyl (C=O) groups is 3. The number of unbranched alkanes of at least 4 members (excludes halogenated alkanes) is 26. The lowest BCUT2D eigenvalue weighted by molar-refractivity contribution is -0.167. The van der Waals surface area contributed by atoms with Crippen LogP contribution in [0.15, 0.2) is 97.2 Å². The van der Waals surface area contributed by atoms with Crippen LogP contribution in [0.4, 0.5) is 0 Å². The molecule has 1 unspecified atom stereocenters. The van der Waals surface area contributed by atoms with Crippen LogP contribution in [0.5, 0.6) is 0 Å². The van der Waals surface area contributed by atoms with Gasteiger partial charge in [0.15, 0.2) is 6.10 Å². The third kappa shape index (κ3) is 55.3. The summed E-state index contributed by atoms with van der Waals surface area (Å²) in [7, 11) is 0. The van der Waals surface area contributed by atoms with Gasteiger partial charge in [0, 0.05) is 19.3 Å². The van der Waals surface area contributed by atoms with Crippen LogP contribution in [0.1, 0.15) is 271 Å². The molecule has 0 fully saturated rings. The van der Waals surface area contributed by atoms with Crippen molar-refractivity contribution in [3.05, 3.63) is 97.2 Å². The highest BCUT2D eigenvalue weighted by atomic mass is 16.6. The molecular weight excluding hydrogens is 865 g/mol. The molecule has 0 bridgehead atoms. The molecule has 1 atom stereocenters. The van der Waals surface area contributed by atoms with E-state index in [1.165, 1.54) is 128 Å². The maximum absolute atomic E-state index is 12.8. The van der Waals surface area contributed by atoms with Crippen molar-refractivity contribution in [2.24, 2.45) is 0 Å². The average molecular weight is 974 g/mol. The summed E-state index contributed by atoms with van der Waals surface area (Å²) in [5.41, 5.74) is 0. The lowest BCUT2D eigenvalue weighted by Crippen LogP contribution is -2.30. The first-order valence-corrected chi connectivity index (χ1v) is 29.3. The van der Waals surface area contributed by atoms with Crippen LogP contribution in [0.25, 0.3) is 0 Å². The Hall–Kier alpha value is -3.67. The predicted octanol–water partition coefficient (Wildman–Crippen LogP) is 19.7. The minimum atomic E-state index is -0.818. The van der Waals surface area contributed by atoms with Gasteiger partial charge in [0.1, 0.15) is 13.2 Å². The van der Waals surface area contributed by atoms with Crippen LogP contribution >= 0.6 is 0 Å². The normalized spacial score (nSPS) is 12.8. The lowest BCUT2D eigenvalue weighted by Gasteiger charge is -2.18. The first-order valence-electron chi connectivity index (χ1n) is 29.3. The quantitative estimate of drug-likeness (QED) is 0.0199. The second-order valence-electron chi connectivity index (χ2n) is 19.2. The summed E-state index contributed by atoms with van der Waals surface area (Å²) in [5.74, 6) is -0.985. The summed E-state index contributed by atoms with van der Waals surface area (Å²) in [6.45, 7) is 6.52. The van der Waals surface area contributed by atoms with Crippen molar-refractivity contribution in [2.75, 3.05) is 13.2 Å². The molecule has 0 radical (unpaired) electrons. The molecule has 70 heavy (non-hydrogen) atoms. The van der Waals surface area contributed by atoms with Gasteiger partial charge in [-0.15, -0.1) is 0 Å². The summed E-state index contributed by atoms with van der Waals surface area (Å²) in [6, 6.07) is 0. The van der Waals surface area contributed by atoms with Crippen molar-refractivity contribution < 1.29 is 28.6 Å². The van der Waals surface area contributed by atoms with Gasteiger partial charge >= 0.3 is 17.9 Å². The van der Waals surface area contributed by atoms with Crippen molar-refractivity contribution in [1.82, 2.24) is 0 Å². The van der Waals surface area contributed by atoms with Crippen LogP contribution in [0.3, 0.4) is 0 Å². The topological polar surface area (TPSA) is 78.9 Å². The number of rotatable bonds is 52. The zero-order valence-corrected chi connectivity index (χ0v) is 45.8. The third-order valence-corrected chi connectivity index (χ3v) is 12.3. The van der Waals surface area contributed by atoms with Gasteiger partial charge in [0.25, 0.3) is 0 Å². The Morgan fingerprint density at radius 1 is 0.300 bits per heavy atom. The Labute approximate surface area is 432 Å². The fraction of sp³-hybridized carbons (Fsp3) is 0.703. The van der Waals surface area contributed by atoms with Crippen molar-refractivity contribution in [2.45, 2.75) is 277 Å². The van der Waals surface area contributed by atoms with Crippen molar-refractivity contribution >= 4 is 17.9 Å². The molecule has 0 aliphatic heterocycles. The molecule has 6 heteroatoms. The van der Waals surface area contributed by atoms with E-state index in [2.05, 4.69) is 118 Å². The minimum Gasteiger partial charge on any atom is -0.462 e. The summed E-state index contributed by atoms with van der Waals surface area (Å²) < 4.78 is 16.8. The summed E-state index contributed by atoms with van der Waals surface area (Å²) in [5, 5.41) is 0. The largest absolute Gasteiger partial charge is 0.462 e.